The van der Waals surface area contributed by atoms with Crippen LogP contribution in [0.1, 0.15) is 62.9 Å². The molecule has 1 aromatic rings. The van der Waals surface area contributed by atoms with E-state index in [-0.39, 0.29) is 36.5 Å². The Bertz CT molecular complexity index is 949. The van der Waals surface area contributed by atoms with Crippen LogP contribution in [0, 0.1) is 5.41 Å². The molecule has 0 aromatic heterocycles. The number of carbonyl (C=O) groups excluding carboxylic acids is 3. The first kappa shape index (κ1) is 25.5. The highest BCUT2D eigenvalue weighted by molar-refractivity contribution is 6.52. The Balaban J connectivity index is 2.03. The molecule has 0 amide bonds. The van der Waals surface area contributed by atoms with Crippen LogP contribution in [0.4, 0.5) is 0 Å². The van der Waals surface area contributed by atoms with E-state index in [4.69, 9.17) is 9.47 Å². The summed E-state index contributed by atoms with van der Waals surface area (Å²) in [5, 5.41) is 20.0. The predicted molar refractivity (Wildman–Crippen MR) is 120 cm³/mol. The number of hydrogen-bond donors (Lipinski definition) is 2. The van der Waals surface area contributed by atoms with Gasteiger partial charge in [0.25, 0.3) is 0 Å². The van der Waals surface area contributed by atoms with Gasteiger partial charge in [-0.3, -0.25) is 9.59 Å². The molecule has 7 nitrogen and oxygen atoms in total. The lowest BCUT2D eigenvalue weighted by Gasteiger charge is -2.27. The Labute approximate surface area is 188 Å². The van der Waals surface area contributed by atoms with Gasteiger partial charge in [0.05, 0.1) is 18.8 Å². The molecule has 0 fully saturated rings. The number of ether oxygens (including phenoxy) is 2. The van der Waals surface area contributed by atoms with Crippen LogP contribution in [0.15, 0.2) is 41.5 Å². The van der Waals surface area contributed by atoms with E-state index in [2.05, 4.69) is 0 Å². The Morgan fingerprint density at radius 2 is 1.72 bits per heavy atom. The molecule has 32 heavy (non-hydrogen) atoms. The maximum atomic E-state index is 12.6. The van der Waals surface area contributed by atoms with Crippen molar-refractivity contribution < 1.29 is 34.1 Å². The fourth-order valence-corrected chi connectivity index (χ4v) is 3.41. The number of methoxy groups -OCH3 is 1. The molecule has 1 aliphatic rings. The van der Waals surface area contributed by atoms with E-state index < -0.39 is 28.6 Å². The number of carbonyl (C=O) groups is 3. The highest BCUT2D eigenvalue weighted by Crippen LogP contribution is 2.35. The first-order chi connectivity index (χ1) is 14.9. The number of aliphatic hydroxyl groups is 2. The van der Waals surface area contributed by atoms with E-state index >= 15 is 0 Å². The molecule has 0 bridgehead atoms. The number of Topliss-reactive ketones (excluding diaryl/α,β-unsaturated/α-hetero) is 2. The van der Waals surface area contributed by atoms with Gasteiger partial charge in [-0.05, 0) is 33.1 Å². The lowest BCUT2D eigenvalue weighted by atomic mass is 9.79. The minimum atomic E-state index is -0.734. The fourth-order valence-electron chi connectivity index (χ4n) is 3.41. The molecule has 2 rings (SSSR count). The van der Waals surface area contributed by atoms with Gasteiger partial charge < -0.3 is 19.7 Å². The van der Waals surface area contributed by atoms with Crippen molar-refractivity contribution in [1.29, 1.82) is 0 Å². The maximum absolute atomic E-state index is 12.6. The van der Waals surface area contributed by atoms with Gasteiger partial charge in [0.2, 0.25) is 11.6 Å². The van der Waals surface area contributed by atoms with E-state index in [0.717, 1.165) is 0 Å². The van der Waals surface area contributed by atoms with E-state index in [1.165, 1.54) is 13.2 Å². The van der Waals surface area contributed by atoms with Crippen LogP contribution in [0.5, 0.6) is 0 Å². The zero-order chi connectivity index (χ0) is 24.1. The zero-order valence-corrected chi connectivity index (χ0v) is 19.4. The molecule has 0 spiro atoms. The van der Waals surface area contributed by atoms with Gasteiger partial charge in [-0.15, -0.1) is 0 Å². The van der Waals surface area contributed by atoms with Gasteiger partial charge in [0, 0.05) is 34.8 Å². The summed E-state index contributed by atoms with van der Waals surface area (Å²) in [6, 6.07) is 6.44. The maximum Gasteiger partial charge on any atom is 0.333 e. The predicted octanol–water partition coefficient (Wildman–Crippen LogP) is 3.80. The molecular formula is C25H32O7. The lowest BCUT2D eigenvalue weighted by Crippen LogP contribution is -2.31. The van der Waals surface area contributed by atoms with Gasteiger partial charge in [-0.1, -0.05) is 44.2 Å². The van der Waals surface area contributed by atoms with Crippen LogP contribution in [0.2, 0.25) is 0 Å². The van der Waals surface area contributed by atoms with Crippen molar-refractivity contribution in [2.75, 3.05) is 20.3 Å². The third kappa shape index (κ3) is 5.93. The van der Waals surface area contributed by atoms with Crippen molar-refractivity contribution in [2.24, 2.45) is 5.41 Å². The molecule has 1 unspecified atom stereocenters. The number of ketones is 2. The summed E-state index contributed by atoms with van der Waals surface area (Å²) in [5.41, 5.74) is -0.366. The molecule has 1 aromatic carbocycles. The van der Waals surface area contributed by atoms with Crippen molar-refractivity contribution in [3.8, 4) is 0 Å². The third-order valence-electron chi connectivity index (χ3n) is 5.72. The Morgan fingerprint density at radius 1 is 1.09 bits per heavy atom. The van der Waals surface area contributed by atoms with Gasteiger partial charge >= 0.3 is 5.97 Å². The Hall–Kier alpha value is -2.77. The van der Waals surface area contributed by atoms with Crippen LogP contribution in [0.25, 0.3) is 5.76 Å². The highest BCUT2D eigenvalue weighted by atomic mass is 16.5. The first-order valence-corrected chi connectivity index (χ1v) is 10.5. The Morgan fingerprint density at radius 3 is 2.31 bits per heavy atom. The van der Waals surface area contributed by atoms with E-state index in [1.807, 2.05) is 0 Å². The number of allylic oxidation sites excluding steroid dienone is 2. The van der Waals surface area contributed by atoms with Gasteiger partial charge in [0.1, 0.15) is 5.76 Å². The minimum Gasteiger partial charge on any atom is -0.507 e. The van der Waals surface area contributed by atoms with Gasteiger partial charge in [-0.25, -0.2) is 4.79 Å². The molecule has 1 aliphatic carbocycles. The average molecular weight is 445 g/mol. The van der Waals surface area contributed by atoms with Crippen LogP contribution in [-0.2, 0) is 19.1 Å². The molecule has 0 saturated carbocycles. The SMILES string of the molecule is COC(C)(CO)CC/C=C(\C)C(=O)OCC(C)(C)CC1=C(O)c2ccccc2C(=O)C1=O. The molecule has 0 saturated heterocycles. The quantitative estimate of drug-likeness (QED) is 0.321. The average Bonchev–Trinajstić information content (AvgIpc) is 2.78. The number of rotatable bonds is 10. The normalized spacial score (nSPS) is 16.6. The summed E-state index contributed by atoms with van der Waals surface area (Å²) in [4.78, 5) is 37.3. The monoisotopic (exact) mass is 444 g/mol. The van der Waals surface area contributed by atoms with Crippen LogP contribution in [-0.4, -0.2) is 53.7 Å². The second kappa shape index (κ2) is 10.2. The van der Waals surface area contributed by atoms with Crippen molar-refractivity contribution in [1.82, 2.24) is 0 Å². The van der Waals surface area contributed by atoms with Crippen molar-refractivity contribution >= 4 is 23.3 Å². The molecule has 2 N–H and O–H groups in total. The second-order valence-electron chi connectivity index (χ2n) is 9.19. The first-order valence-electron chi connectivity index (χ1n) is 10.5. The lowest BCUT2D eigenvalue weighted by molar-refractivity contribution is -0.142. The summed E-state index contributed by atoms with van der Waals surface area (Å²) in [6.45, 7) is 6.91. The van der Waals surface area contributed by atoms with Gasteiger partial charge in [-0.2, -0.15) is 0 Å². The molecule has 7 heteroatoms. The summed E-state index contributed by atoms with van der Waals surface area (Å²) in [5.74, 6) is -2.07. The second-order valence-corrected chi connectivity index (χ2v) is 9.19. The largest absolute Gasteiger partial charge is 0.507 e. The number of fused-ring (bicyclic) bond motifs is 1. The van der Waals surface area contributed by atoms with E-state index in [0.29, 0.717) is 24.0 Å². The fraction of sp³-hybridized carbons (Fsp3) is 0.480. The molecule has 174 valence electrons. The van der Waals surface area contributed by atoms with Crippen molar-refractivity contribution in [2.45, 2.75) is 52.6 Å². The summed E-state index contributed by atoms with van der Waals surface area (Å²) < 4.78 is 10.7. The molecule has 0 radical (unpaired) electrons. The minimum absolute atomic E-state index is 0.00331. The standard InChI is InChI=1S/C25H32O7/c1-16(9-8-12-25(4,14-26)31-5)23(30)32-15-24(2,3)13-19-20(27)17-10-6-7-11-18(17)21(28)22(19)29/h6-7,9-11,26-27H,8,12-15H2,1-5H3/b16-9+. The molecule has 0 aliphatic heterocycles. The zero-order valence-electron chi connectivity index (χ0n) is 19.4. The van der Waals surface area contributed by atoms with Crippen LogP contribution >= 0.6 is 0 Å². The summed E-state index contributed by atoms with van der Waals surface area (Å²) >= 11 is 0. The smallest absolute Gasteiger partial charge is 0.333 e. The molecule has 0 heterocycles. The number of hydrogen-bond acceptors (Lipinski definition) is 7. The van der Waals surface area contributed by atoms with Gasteiger partial charge in [0.15, 0.2) is 0 Å². The molecular weight excluding hydrogens is 412 g/mol. The number of aliphatic hydroxyl groups excluding tert-OH is 2. The number of esters is 1. The molecule has 1 atom stereocenters. The topological polar surface area (TPSA) is 110 Å². The third-order valence-corrected chi connectivity index (χ3v) is 5.72. The van der Waals surface area contributed by atoms with Crippen molar-refractivity contribution in [3.63, 3.8) is 0 Å². The van der Waals surface area contributed by atoms with E-state index in [9.17, 15) is 24.6 Å². The summed E-state index contributed by atoms with van der Waals surface area (Å²) in [7, 11) is 1.53. The number of benzene rings is 1. The Kier molecular flexibility index (Phi) is 8.15. The van der Waals surface area contributed by atoms with Crippen LogP contribution in [0.3, 0.4) is 0 Å². The van der Waals surface area contributed by atoms with Crippen molar-refractivity contribution in [3.05, 3.63) is 52.6 Å². The summed E-state index contributed by atoms with van der Waals surface area (Å²) in [6.07, 6.45) is 2.89. The van der Waals surface area contributed by atoms with E-state index in [1.54, 1.807) is 52.0 Å². The van der Waals surface area contributed by atoms with Crippen LogP contribution < -0.4 is 0 Å². The highest BCUT2D eigenvalue weighted by Gasteiger charge is 2.36.